The summed E-state index contributed by atoms with van der Waals surface area (Å²) >= 11 is 0. The molecule has 0 rings (SSSR count). The Balaban J connectivity index is 4.39. The highest BCUT2D eigenvalue weighted by Crippen LogP contribution is 2.15. The van der Waals surface area contributed by atoms with Gasteiger partial charge in [0, 0.05) is 19.3 Å². The number of esters is 3. The minimum Gasteiger partial charge on any atom is -0.462 e. The highest BCUT2D eigenvalue weighted by molar-refractivity contribution is 5.71. The van der Waals surface area contributed by atoms with Crippen LogP contribution in [0.5, 0.6) is 0 Å². The summed E-state index contributed by atoms with van der Waals surface area (Å²) in [6, 6.07) is 0. The molecule has 1 unspecified atom stereocenters. The van der Waals surface area contributed by atoms with Crippen LogP contribution in [0.1, 0.15) is 271 Å². The minimum absolute atomic E-state index is 0.0867. The van der Waals surface area contributed by atoms with E-state index in [9.17, 15) is 14.4 Å². The fourth-order valence-electron chi connectivity index (χ4n) is 7.83. The number of carbonyl (C=O) groups is 3. The van der Waals surface area contributed by atoms with Gasteiger partial charge < -0.3 is 14.2 Å². The lowest BCUT2D eigenvalue weighted by Gasteiger charge is -2.18. The van der Waals surface area contributed by atoms with Gasteiger partial charge in [-0.25, -0.2) is 0 Å². The molecule has 0 heterocycles. The molecule has 390 valence electrons. The third kappa shape index (κ3) is 53.5. The number of ether oxygens (including phenoxy) is 3. The van der Waals surface area contributed by atoms with Crippen molar-refractivity contribution in [2.24, 2.45) is 0 Å². The molecule has 0 aliphatic carbocycles. The molecule has 0 aromatic heterocycles. The zero-order valence-corrected chi connectivity index (χ0v) is 44.6. The molecule has 0 aromatic rings. The predicted octanol–water partition coefficient (Wildman–Crippen LogP) is 19.2. The van der Waals surface area contributed by atoms with E-state index in [2.05, 4.69) is 106 Å². The maximum atomic E-state index is 12.9. The molecule has 0 aliphatic rings. The maximum Gasteiger partial charge on any atom is 0.306 e. The molecule has 68 heavy (non-hydrogen) atoms. The monoisotopic (exact) mass is 947 g/mol. The van der Waals surface area contributed by atoms with Crippen molar-refractivity contribution >= 4 is 17.9 Å². The molecular weight excluding hydrogens is 841 g/mol. The van der Waals surface area contributed by atoms with Crippen molar-refractivity contribution in [3.8, 4) is 0 Å². The Hall–Kier alpha value is -3.41. The quantitative estimate of drug-likeness (QED) is 0.0199. The summed E-state index contributed by atoms with van der Waals surface area (Å²) in [5.41, 5.74) is 0. The summed E-state index contributed by atoms with van der Waals surface area (Å²) in [4.78, 5) is 38.1. The Morgan fingerprint density at radius 2 is 0.618 bits per heavy atom. The van der Waals surface area contributed by atoms with E-state index in [4.69, 9.17) is 14.2 Å². The fraction of sp³-hybridized carbons (Fsp3) is 0.726. The van der Waals surface area contributed by atoms with Crippen molar-refractivity contribution in [3.05, 3.63) is 85.1 Å². The molecule has 0 radical (unpaired) electrons. The molecule has 0 fully saturated rings. The first-order valence-electron chi connectivity index (χ1n) is 28.6. The number of carbonyl (C=O) groups excluding carboxylic acids is 3. The second-order valence-corrected chi connectivity index (χ2v) is 18.8. The summed E-state index contributed by atoms with van der Waals surface area (Å²) in [6.45, 7) is 6.46. The van der Waals surface area contributed by atoms with Gasteiger partial charge in [0.15, 0.2) is 6.10 Å². The first-order valence-corrected chi connectivity index (χ1v) is 28.6. The average molecular weight is 948 g/mol. The largest absolute Gasteiger partial charge is 0.462 e. The van der Waals surface area contributed by atoms with Crippen LogP contribution in [0.15, 0.2) is 85.1 Å². The number of rotatable bonds is 51. The van der Waals surface area contributed by atoms with Crippen LogP contribution in [0, 0.1) is 0 Å². The zero-order chi connectivity index (χ0) is 49.3. The third-order valence-corrected chi connectivity index (χ3v) is 12.1. The molecule has 0 saturated heterocycles. The molecule has 6 heteroatoms. The third-order valence-electron chi connectivity index (χ3n) is 12.1. The van der Waals surface area contributed by atoms with Gasteiger partial charge in [0.05, 0.1) is 0 Å². The van der Waals surface area contributed by atoms with Gasteiger partial charge in [0.25, 0.3) is 0 Å². The first-order chi connectivity index (χ1) is 33.5. The Bertz CT molecular complexity index is 1320. The highest BCUT2D eigenvalue weighted by atomic mass is 16.6. The van der Waals surface area contributed by atoms with E-state index in [0.29, 0.717) is 19.3 Å². The van der Waals surface area contributed by atoms with Gasteiger partial charge in [0.1, 0.15) is 13.2 Å². The molecule has 1 atom stereocenters. The lowest BCUT2D eigenvalue weighted by atomic mass is 10.1. The molecule has 0 saturated carbocycles. The molecule has 0 bridgehead atoms. The molecule has 6 nitrogen and oxygen atoms in total. The van der Waals surface area contributed by atoms with Crippen molar-refractivity contribution < 1.29 is 28.6 Å². The lowest BCUT2D eigenvalue weighted by Crippen LogP contribution is -2.30. The normalized spacial score (nSPS) is 12.7. The molecule has 0 aliphatic heterocycles. The summed E-state index contributed by atoms with van der Waals surface area (Å²) < 4.78 is 16.8. The smallest absolute Gasteiger partial charge is 0.306 e. The topological polar surface area (TPSA) is 78.9 Å². The van der Waals surface area contributed by atoms with E-state index in [1.807, 2.05) is 0 Å². The molecular formula is C62H106O6. The van der Waals surface area contributed by atoms with Gasteiger partial charge in [-0.3, -0.25) is 14.4 Å². The van der Waals surface area contributed by atoms with Crippen LogP contribution in [-0.4, -0.2) is 37.2 Å². The Morgan fingerprint density at radius 3 is 1.00 bits per heavy atom. The summed E-state index contributed by atoms with van der Waals surface area (Å²) in [5, 5.41) is 0. The van der Waals surface area contributed by atoms with Gasteiger partial charge in [-0.2, -0.15) is 0 Å². The van der Waals surface area contributed by atoms with E-state index in [1.165, 1.54) is 135 Å². The van der Waals surface area contributed by atoms with Crippen molar-refractivity contribution in [1.29, 1.82) is 0 Å². The standard InChI is InChI=1S/C62H106O6/c1-4-7-10-13-16-19-22-25-27-29-31-33-35-37-40-43-46-49-52-55-61(64)67-58-59(57-66-60(63)54-51-48-45-42-39-24-21-18-15-12-9-6-3)68-62(65)56-53-50-47-44-41-38-36-34-32-30-28-26-23-20-17-14-11-8-5-2/h7,10,16-21,23,25-27,31,33,59H,4-6,8-9,11-15,22,24,28-30,32,34-58H2,1-3H3/b10-7-,19-16-,20-17-,21-18-,26-23-,27-25-,33-31-. The highest BCUT2D eigenvalue weighted by Gasteiger charge is 2.19. The van der Waals surface area contributed by atoms with E-state index < -0.39 is 6.10 Å². The van der Waals surface area contributed by atoms with Gasteiger partial charge >= 0.3 is 17.9 Å². The Morgan fingerprint density at radius 1 is 0.324 bits per heavy atom. The van der Waals surface area contributed by atoms with Crippen molar-refractivity contribution in [1.82, 2.24) is 0 Å². The van der Waals surface area contributed by atoms with Gasteiger partial charge in [0.2, 0.25) is 0 Å². The van der Waals surface area contributed by atoms with Crippen LogP contribution in [-0.2, 0) is 28.6 Å². The SMILES string of the molecule is CC/C=C\C/C=C\C/C=C\C/C=C\CCCCCCCCC(=O)OCC(COC(=O)CCCCCCC/C=C\CCCCC)OC(=O)CCCCCCCCCCCC/C=C\C=C/CCCCC. The van der Waals surface area contributed by atoms with Gasteiger partial charge in [-0.05, 0) is 109 Å². The van der Waals surface area contributed by atoms with E-state index >= 15 is 0 Å². The molecule has 0 spiro atoms. The molecule has 0 amide bonds. The minimum atomic E-state index is -0.788. The first kappa shape index (κ1) is 64.6. The number of hydrogen-bond donors (Lipinski definition) is 0. The Kier molecular flexibility index (Phi) is 53.4. The van der Waals surface area contributed by atoms with Crippen molar-refractivity contribution in [2.75, 3.05) is 13.2 Å². The second kappa shape index (κ2) is 56.2. The average Bonchev–Trinajstić information content (AvgIpc) is 3.34. The number of allylic oxidation sites excluding steroid dienone is 14. The van der Waals surface area contributed by atoms with E-state index in [1.54, 1.807) is 0 Å². The number of hydrogen-bond acceptors (Lipinski definition) is 6. The summed E-state index contributed by atoms with van der Waals surface area (Å²) in [7, 11) is 0. The lowest BCUT2D eigenvalue weighted by molar-refractivity contribution is -0.167. The van der Waals surface area contributed by atoms with Gasteiger partial charge in [-0.15, -0.1) is 0 Å². The second-order valence-electron chi connectivity index (χ2n) is 18.8. The predicted molar refractivity (Wildman–Crippen MR) is 293 cm³/mol. The summed E-state index contributed by atoms with van der Waals surface area (Å²) in [6.07, 6.45) is 72.8. The van der Waals surface area contributed by atoms with Crippen LogP contribution < -0.4 is 0 Å². The Labute approximate surface area is 420 Å². The van der Waals surface area contributed by atoms with Gasteiger partial charge in [-0.1, -0.05) is 228 Å². The maximum absolute atomic E-state index is 12.9. The van der Waals surface area contributed by atoms with Crippen LogP contribution in [0.2, 0.25) is 0 Å². The van der Waals surface area contributed by atoms with E-state index in [0.717, 1.165) is 96.3 Å². The summed E-state index contributed by atoms with van der Waals surface area (Å²) in [5.74, 6) is -0.908. The van der Waals surface area contributed by atoms with Crippen LogP contribution >= 0.6 is 0 Å². The van der Waals surface area contributed by atoms with Crippen LogP contribution in [0.25, 0.3) is 0 Å². The van der Waals surface area contributed by atoms with Crippen molar-refractivity contribution in [3.63, 3.8) is 0 Å². The zero-order valence-electron chi connectivity index (χ0n) is 44.6. The molecule has 0 aromatic carbocycles. The molecule has 0 N–H and O–H groups in total. The fourth-order valence-corrected chi connectivity index (χ4v) is 7.83. The van der Waals surface area contributed by atoms with Crippen molar-refractivity contribution in [2.45, 2.75) is 277 Å². The van der Waals surface area contributed by atoms with E-state index in [-0.39, 0.29) is 31.1 Å². The number of unbranched alkanes of at least 4 members (excludes halogenated alkanes) is 27. The van der Waals surface area contributed by atoms with Crippen LogP contribution in [0.4, 0.5) is 0 Å². The van der Waals surface area contributed by atoms with Crippen LogP contribution in [0.3, 0.4) is 0 Å².